The first kappa shape index (κ1) is 21.0. The van der Waals surface area contributed by atoms with E-state index in [-0.39, 0.29) is 0 Å². The van der Waals surface area contributed by atoms with Gasteiger partial charge < -0.3 is 9.64 Å². The van der Waals surface area contributed by atoms with Crippen LogP contribution in [-0.4, -0.2) is 36.1 Å². The van der Waals surface area contributed by atoms with Crippen LogP contribution in [0.5, 0.6) is 5.75 Å². The summed E-state index contributed by atoms with van der Waals surface area (Å²) in [6, 6.07) is 15.5. The van der Waals surface area contributed by atoms with Crippen molar-refractivity contribution in [3.63, 3.8) is 0 Å². The molecule has 0 atom stereocenters. The topological polar surface area (TPSA) is 25.4 Å². The average molecular weight is 409 g/mol. The highest BCUT2D eigenvalue weighted by molar-refractivity contribution is 7.82. The maximum Gasteiger partial charge on any atom is 0.148 e. The summed E-state index contributed by atoms with van der Waals surface area (Å²) in [4.78, 5) is 6.72. The lowest BCUT2D eigenvalue weighted by Gasteiger charge is -2.17. The van der Waals surface area contributed by atoms with E-state index >= 15 is 0 Å². The van der Waals surface area contributed by atoms with Crippen LogP contribution in [0.1, 0.15) is 20.3 Å². The molecule has 0 aliphatic heterocycles. The summed E-state index contributed by atoms with van der Waals surface area (Å²) in [5, 5.41) is 0.794. The standard InChI is InChI=1S/C14H20N2OS2.C6H5Cl/c1-3-16(4-2)8-5-9-17-11-6-7-12-13(10-11)19-14(18)15-12;7-6-4-2-1-3-5-6/h6-7,10H,3-5,8-9H2,1-2H3,(H,15,18);1-5H. The highest BCUT2D eigenvalue weighted by Crippen LogP contribution is 2.27. The fourth-order valence-corrected chi connectivity index (χ4v) is 3.70. The third kappa shape index (κ3) is 7.16. The van der Waals surface area contributed by atoms with Crippen molar-refractivity contribution in [3.8, 4) is 5.75 Å². The fraction of sp³-hybridized carbons (Fsp3) is 0.350. The molecule has 0 aliphatic rings. The molecule has 0 radical (unpaired) electrons. The molecule has 0 spiro atoms. The van der Waals surface area contributed by atoms with Gasteiger partial charge in [0.05, 0.1) is 16.8 Å². The lowest BCUT2D eigenvalue weighted by Crippen LogP contribution is -2.25. The molecule has 0 bridgehead atoms. The van der Waals surface area contributed by atoms with Crippen molar-refractivity contribution in [2.45, 2.75) is 24.6 Å². The van der Waals surface area contributed by atoms with Crippen LogP contribution >= 0.6 is 35.6 Å². The number of aromatic nitrogens is 1. The van der Waals surface area contributed by atoms with E-state index in [2.05, 4.69) is 36.4 Å². The van der Waals surface area contributed by atoms with E-state index in [0.29, 0.717) is 0 Å². The first-order chi connectivity index (χ1) is 12.6. The van der Waals surface area contributed by atoms with Gasteiger partial charge in [0.15, 0.2) is 0 Å². The van der Waals surface area contributed by atoms with Crippen molar-refractivity contribution in [2.24, 2.45) is 0 Å². The molecular weight excluding hydrogens is 384 g/mol. The lowest BCUT2D eigenvalue weighted by molar-refractivity contribution is 0.249. The van der Waals surface area contributed by atoms with Gasteiger partial charge in [0, 0.05) is 11.6 Å². The third-order valence-corrected chi connectivity index (χ3v) is 5.31. The second-order valence-electron chi connectivity index (χ2n) is 5.65. The molecule has 3 rings (SSSR count). The highest BCUT2D eigenvalue weighted by atomic mass is 35.5. The van der Waals surface area contributed by atoms with Crippen molar-refractivity contribution in [1.29, 1.82) is 0 Å². The van der Waals surface area contributed by atoms with Crippen LogP contribution in [0, 0.1) is 0 Å². The van der Waals surface area contributed by atoms with Gasteiger partial charge >= 0.3 is 0 Å². The number of nitrogens with zero attached hydrogens (tertiary/aromatic N) is 2. The maximum absolute atomic E-state index is 5.79. The van der Waals surface area contributed by atoms with E-state index in [1.165, 1.54) is 0 Å². The normalized spacial score (nSPS) is 10.7. The zero-order chi connectivity index (χ0) is 18.8. The van der Waals surface area contributed by atoms with Crippen LogP contribution in [0.15, 0.2) is 52.9 Å². The maximum atomic E-state index is 5.79. The molecular formula is C20H25ClN2OS2. The molecule has 0 saturated carbocycles. The number of rotatable bonds is 7. The molecule has 1 heterocycles. The fourth-order valence-electron chi connectivity index (χ4n) is 2.42. The number of hydrogen-bond acceptors (Lipinski definition) is 5. The lowest BCUT2D eigenvalue weighted by atomic mass is 10.3. The zero-order valence-electron chi connectivity index (χ0n) is 15.2. The summed E-state index contributed by atoms with van der Waals surface area (Å²) in [5.74, 6) is 0.920. The van der Waals surface area contributed by atoms with Crippen LogP contribution in [0.3, 0.4) is 0 Å². The third-order valence-electron chi connectivity index (χ3n) is 3.86. The summed E-state index contributed by atoms with van der Waals surface area (Å²) in [6.07, 6.45) is 1.06. The van der Waals surface area contributed by atoms with Gasteiger partial charge in [-0.3, -0.25) is 0 Å². The van der Waals surface area contributed by atoms with Gasteiger partial charge in [-0.15, -0.1) is 24.0 Å². The van der Waals surface area contributed by atoms with Crippen molar-refractivity contribution in [1.82, 2.24) is 9.88 Å². The van der Waals surface area contributed by atoms with Gasteiger partial charge in [0.2, 0.25) is 0 Å². The number of ether oxygens (including phenoxy) is 1. The first-order valence-corrected chi connectivity index (χ1v) is 10.4. The molecule has 140 valence electrons. The minimum atomic E-state index is 0.758. The van der Waals surface area contributed by atoms with Gasteiger partial charge in [-0.05, 0) is 49.8 Å². The van der Waals surface area contributed by atoms with Crippen LogP contribution in [0.25, 0.3) is 10.2 Å². The van der Waals surface area contributed by atoms with Gasteiger partial charge in [-0.25, -0.2) is 4.98 Å². The average Bonchev–Trinajstić information content (AvgIpc) is 3.02. The van der Waals surface area contributed by atoms with Gasteiger partial charge in [-0.1, -0.05) is 43.6 Å². The smallest absolute Gasteiger partial charge is 0.148 e. The molecule has 0 aliphatic carbocycles. The molecule has 26 heavy (non-hydrogen) atoms. The number of thiazole rings is 1. The van der Waals surface area contributed by atoms with E-state index < -0.39 is 0 Å². The first-order valence-electron chi connectivity index (χ1n) is 8.77. The Labute approximate surface area is 170 Å². The zero-order valence-corrected chi connectivity index (χ0v) is 17.7. The van der Waals surface area contributed by atoms with Crippen LogP contribution in [-0.2, 0) is 0 Å². The second kappa shape index (κ2) is 11.4. The minimum Gasteiger partial charge on any atom is -0.493 e. The molecule has 3 nitrogen and oxygen atoms in total. The Morgan fingerprint density at radius 3 is 2.46 bits per heavy atom. The molecule has 0 N–H and O–H groups in total. The Bertz CT molecular complexity index is 776. The van der Waals surface area contributed by atoms with Crippen molar-refractivity contribution < 1.29 is 4.74 Å². The molecule has 1 aromatic heterocycles. The van der Waals surface area contributed by atoms with Gasteiger partial charge in [0.25, 0.3) is 0 Å². The predicted octanol–water partition coefficient (Wildman–Crippen LogP) is 6.04. The van der Waals surface area contributed by atoms with Crippen molar-refractivity contribution >= 4 is 45.8 Å². The highest BCUT2D eigenvalue weighted by Gasteiger charge is 2.03. The molecule has 3 aromatic rings. The molecule has 0 unspecified atom stereocenters. The Morgan fingerprint density at radius 1 is 1.12 bits per heavy atom. The monoisotopic (exact) mass is 408 g/mol. The number of fused-ring (bicyclic) bond motifs is 1. The van der Waals surface area contributed by atoms with Crippen LogP contribution in [0.2, 0.25) is 5.02 Å². The van der Waals surface area contributed by atoms with E-state index in [1.54, 1.807) is 11.3 Å². The Morgan fingerprint density at radius 2 is 1.85 bits per heavy atom. The predicted molar refractivity (Wildman–Crippen MR) is 116 cm³/mol. The molecule has 0 saturated heterocycles. The second-order valence-corrected chi connectivity index (χ2v) is 7.84. The number of hydrogen-bond donors (Lipinski definition) is 1. The SMILES string of the molecule is CCN(CC)CCCOc1ccc2nc(S)sc2c1.Clc1ccccc1. The van der Waals surface area contributed by atoms with Gasteiger partial charge in [-0.2, -0.15) is 0 Å². The molecule has 0 fully saturated rings. The summed E-state index contributed by atoms with van der Waals surface area (Å²) in [5.41, 5.74) is 0.991. The number of benzene rings is 2. The molecule has 2 aromatic carbocycles. The Kier molecular flexibility index (Phi) is 9.26. The summed E-state index contributed by atoms with van der Waals surface area (Å²) in [7, 11) is 0. The van der Waals surface area contributed by atoms with Crippen LogP contribution in [0.4, 0.5) is 0 Å². The quantitative estimate of drug-likeness (QED) is 0.381. The van der Waals surface area contributed by atoms with Crippen molar-refractivity contribution in [2.75, 3.05) is 26.2 Å². The molecule has 6 heteroatoms. The van der Waals surface area contributed by atoms with E-state index in [0.717, 1.165) is 58.0 Å². The minimum absolute atomic E-state index is 0.758. The van der Waals surface area contributed by atoms with Gasteiger partial charge in [0.1, 0.15) is 10.1 Å². The molecule has 0 amide bonds. The number of thiol groups is 1. The summed E-state index contributed by atoms with van der Waals surface area (Å²) >= 11 is 11.4. The summed E-state index contributed by atoms with van der Waals surface area (Å²) < 4.78 is 7.72. The summed E-state index contributed by atoms with van der Waals surface area (Å²) in [6.45, 7) is 8.45. The van der Waals surface area contributed by atoms with E-state index in [4.69, 9.17) is 16.3 Å². The van der Waals surface area contributed by atoms with Crippen LogP contribution < -0.4 is 4.74 Å². The Balaban J connectivity index is 0.000000290. The van der Waals surface area contributed by atoms with E-state index in [9.17, 15) is 0 Å². The number of halogens is 1. The van der Waals surface area contributed by atoms with Crippen molar-refractivity contribution in [3.05, 3.63) is 53.6 Å². The van der Waals surface area contributed by atoms with E-state index in [1.807, 2.05) is 48.5 Å². The largest absolute Gasteiger partial charge is 0.493 e. The Hall–Kier alpha value is -1.27.